The van der Waals surface area contributed by atoms with E-state index in [0.717, 1.165) is 29.8 Å². The Morgan fingerprint density at radius 2 is 1.79 bits per heavy atom. The highest BCUT2D eigenvalue weighted by Gasteiger charge is 2.37. The van der Waals surface area contributed by atoms with Gasteiger partial charge in [-0.2, -0.15) is 4.98 Å². The van der Waals surface area contributed by atoms with Crippen molar-refractivity contribution in [3.63, 3.8) is 0 Å². The van der Waals surface area contributed by atoms with Crippen molar-refractivity contribution in [2.24, 2.45) is 0 Å². The molecular formula is C24H30F2N4O3. The van der Waals surface area contributed by atoms with Gasteiger partial charge in [0.25, 0.3) is 0 Å². The number of benzene rings is 1. The summed E-state index contributed by atoms with van der Waals surface area (Å²) in [5.74, 6) is 1.89. The predicted molar refractivity (Wildman–Crippen MR) is 121 cm³/mol. The molecule has 1 N–H and O–H groups in total. The number of fused-ring (bicyclic) bond motifs is 1. The summed E-state index contributed by atoms with van der Waals surface area (Å²) >= 11 is 0. The van der Waals surface area contributed by atoms with Crippen molar-refractivity contribution in [3.05, 3.63) is 41.1 Å². The molecule has 2 aromatic rings. The molecule has 0 bridgehead atoms. The summed E-state index contributed by atoms with van der Waals surface area (Å²) in [6, 6.07) is 8.17. The number of alkyl halides is 2. The molecular weight excluding hydrogens is 430 g/mol. The molecule has 4 heterocycles. The topological polar surface area (TPSA) is 68.7 Å². The smallest absolute Gasteiger partial charge is 0.224 e. The number of nitrogens with one attached hydrogen (secondary N) is 1. The third-order valence-electron chi connectivity index (χ3n) is 7.02. The lowest BCUT2D eigenvalue weighted by Gasteiger charge is -2.38. The van der Waals surface area contributed by atoms with Gasteiger partial charge in [0, 0.05) is 37.2 Å². The normalized spacial score (nSPS) is 24.4. The zero-order valence-corrected chi connectivity index (χ0v) is 18.9. The Kier molecular flexibility index (Phi) is 6.34. The van der Waals surface area contributed by atoms with Crippen molar-refractivity contribution < 1.29 is 23.0 Å². The van der Waals surface area contributed by atoms with Crippen molar-refractivity contribution in [3.8, 4) is 5.75 Å². The summed E-state index contributed by atoms with van der Waals surface area (Å²) in [5, 5.41) is 3.45. The Morgan fingerprint density at radius 1 is 1.06 bits per heavy atom. The maximum atomic E-state index is 13.9. The maximum absolute atomic E-state index is 13.9. The quantitative estimate of drug-likeness (QED) is 0.710. The second-order valence-electron chi connectivity index (χ2n) is 9.01. The Balaban J connectivity index is 1.42. The zero-order valence-electron chi connectivity index (χ0n) is 18.9. The monoisotopic (exact) mass is 460 g/mol. The van der Waals surface area contributed by atoms with Crippen LogP contribution in [0.15, 0.2) is 24.3 Å². The predicted octanol–water partition coefficient (Wildman–Crippen LogP) is 3.21. The molecule has 5 rings (SSSR count). The summed E-state index contributed by atoms with van der Waals surface area (Å²) in [5.41, 5.74) is 2.81. The minimum atomic E-state index is -1.50. The number of anilines is 2. The van der Waals surface area contributed by atoms with E-state index in [1.54, 1.807) is 12.0 Å². The second kappa shape index (κ2) is 9.38. The van der Waals surface area contributed by atoms with E-state index in [9.17, 15) is 8.78 Å². The number of hydrogen-bond donors (Lipinski definition) is 1. The van der Waals surface area contributed by atoms with Gasteiger partial charge in [-0.25, -0.2) is 13.8 Å². The van der Waals surface area contributed by atoms with Crippen molar-refractivity contribution in [2.45, 2.75) is 43.6 Å². The van der Waals surface area contributed by atoms with Crippen LogP contribution in [0.25, 0.3) is 0 Å². The van der Waals surface area contributed by atoms with Gasteiger partial charge in [0.1, 0.15) is 11.6 Å². The highest BCUT2D eigenvalue weighted by atomic mass is 19.2. The molecule has 2 atom stereocenters. The van der Waals surface area contributed by atoms with E-state index < -0.39 is 12.3 Å². The molecule has 9 heteroatoms. The third-order valence-corrected chi connectivity index (χ3v) is 7.02. The summed E-state index contributed by atoms with van der Waals surface area (Å²) < 4.78 is 44.4. The van der Waals surface area contributed by atoms with Gasteiger partial charge < -0.3 is 24.4 Å². The molecule has 3 aliphatic heterocycles. The number of aromatic nitrogens is 2. The first kappa shape index (κ1) is 22.3. The summed E-state index contributed by atoms with van der Waals surface area (Å²) in [6.07, 6.45) is -0.605. The van der Waals surface area contributed by atoms with Gasteiger partial charge in [0.2, 0.25) is 5.95 Å². The van der Waals surface area contributed by atoms with Crippen LogP contribution < -0.4 is 15.0 Å². The van der Waals surface area contributed by atoms with Crippen LogP contribution in [0.2, 0.25) is 0 Å². The fourth-order valence-corrected chi connectivity index (χ4v) is 4.98. The molecule has 0 radical (unpaired) electrons. The number of nitrogens with zero attached hydrogens (tertiary/aromatic N) is 3. The number of ether oxygens (including phenoxy) is 3. The highest BCUT2D eigenvalue weighted by Crippen LogP contribution is 2.36. The first-order valence-electron chi connectivity index (χ1n) is 11.5. The van der Waals surface area contributed by atoms with Gasteiger partial charge in [-0.1, -0.05) is 12.1 Å². The lowest BCUT2D eigenvalue weighted by molar-refractivity contribution is 0.0543. The van der Waals surface area contributed by atoms with Crippen molar-refractivity contribution in [1.29, 1.82) is 0 Å². The molecule has 1 aromatic heterocycles. The fraction of sp³-hybridized carbons (Fsp3) is 0.583. The Labute approximate surface area is 192 Å². The second-order valence-corrected chi connectivity index (χ2v) is 9.01. The van der Waals surface area contributed by atoms with Gasteiger partial charge >= 0.3 is 0 Å². The zero-order chi connectivity index (χ0) is 22.8. The third kappa shape index (κ3) is 4.48. The molecule has 0 unspecified atom stereocenters. The van der Waals surface area contributed by atoms with E-state index in [4.69, 9.17) is 24.2 Å². The first-order chi connectivity index (χ1) is 16.1. The van der Waals surface area contributed by atoms with Crippen molar-refractivity contribution >= 4 is 11.8 Å². The van der Waals surface area contributed by atoms with Crippen LogP contribution in [0.5, 0.6) is 5.75 Å². The van der Waals surface area contributed by atoms with E-state index in [1.165, 1.54) is 5.56 Å². The van der Waals surface area contributed by atoms with E-state index in [0.29, 0.717) is 51.2 Å². The van der Waals surface area contributed by atoms with Crippen LogP contribution >= 0.6 is 0 Å². The molecule has 2 saturated heterocycles. The summed E-state index contributed by atoms with van der Waals surface area (Å²) in [4.78, 5) is 11.1. The van der Waals surface area contributed by atoms with Gasteiger partial charge in [-0.3, -0.25) is 0 Å². The fourth-order valence-electron chi connectivity index (χ4n) is 4.98. The number of rotatable bonds is 6. The maximum Gasteiger partial charge on any atom is 0.224 e. The summed E-state index contributed by atoms with van der Waals surface area (Å²) in [6.45, 7) is 2.94. The van der Waals surface area contributed by atoms with E-state index in [1.807, 2.05) is 12.1 Å². The molecule has 0 spiro atoms. The van der Waals surface area contributed by atoms with E-state index in [-0.39, 0.29) is 18.5 Å². The Hall–Kier alpha value is -2.52. The molecule has 0 amide bonds. The standard InChI is InChI=1S/C24H30F2N4O3/c1-31-17-4-2-16(3-5-17)24(7-10-32-11-8-24)15-27-23-28-21-6-9-33-14-18(21)22(29-23)30-12-19(25)20(26)13-30/h2-5,19-20H,6-15H2,1H3,(H,27,28,29)/t19-,20+. The number of halogens is 2. The van der Waals surface area contributed by atoms with E-state index >= 15 is 0 Å². The first-order valence-corrected chi connectivity index (χ1v) is 11.5. The highest BCUT2D eigenvalue weighted by molar-refractivity contribution is 5.54. The van der Waals surface area contributed by atoms with Crippen LogP contribution in [-0.2, 0) is 27.9 Å². The Bertz CT molecular complexity index is 959. The van der Waals surface area contributed by atoms with Crippen LogP contribution in [0.4, 0.5) is 20.5 Å². The number of methoxy groups -OCH3 is 1. The molecule has 33 heavy (non-hydrogen) atoms. The number of hydrogen-bond acceptors (Lipinski definition) is 7. The molecule has 0 aliphatic carbocycles. The molecule has 2 fully saturated rings. The molecule has 0 saturated carbocycles. The summed E-state index contributed by atoms with van der Waals surface area (Å²) in [7, 11) is 1.66. The lowest BCUT2D eigenvalue weighted by Crippen LogP contribution is -2.40. The van der Waals surface area contributed by atoms with E-state index in [2.05, 4.69) is 17.4 Å². The van der Waals surface area contributed by atoms with Crippen LogP contribution in [0, 0.1) is 0 Å². The average Bonchev–Trinajstić information content (AvgIpc) is 3.20. The molecule has 7 nitrogen and oxygen atoms in total. The largest absolute Gasteiger partial charge is 0.497 e. The molecule has 3 aliphatic rings. The van der Waals surface area contributed by atoms with Gasteiger partial charge in [-0.05, 0) is 30.5 Å². The average molecular weight is 461 g/mol. The SMILES string of the molecule is COc1ccc(C2(CNc3nc4c(c(N5C[C@@H](F)[C@@H](F)C5)n3)COCC4)CCOCC2)cc1. The van der Waals surface area contributed by atoms with Gasteiger partial charge in [0.05, 0.1) is 39.1 Å². The van der Waals surface area contributed by atoms with Crippen LogP contribution in [-0.4, -0.2) is 68.9 Å². The van der Waals surface area contributed by atoms with Crippen LogP contribution in [0.1, 0.15) is 29.7 Å². The minimum Gasteiger partial charge on any atom is -0.497 e. The van der Waals surface area contributed by atoms with Gasteiger partial charge in [0.15, 0.2) is 12.3 Å². The van der Waals surface area contributed by atoms with Crippen LogP contribution in [0.3, 0.4) is 0 Å². The minimum absolute atomic E-state index is 0.00279. The lowest BCUT2D eigenvalue weighted by atomic mass is 9.74. The van der Waals surface area contributed by atoms with Gasteiger partial charge in [-0.15, -0.1) is 0 Å². The molecule has 1 aromatic carbocycles. The Morgan fingerprint density at radius 3 is 2.48 bits per heavy atom. The molecule has 178 valence electrons. The van der Waals surface area contributed by atoms with Crippen molar-refractivity contribution in [1.82, 2.24) is 9.97 Å². The van der Waals surface area contributed by atoms with Crippen molar-refractivity contribution in [2.75, 3.05) is 56.8 Å².